The number of nitrogens with one attached hydrogen (secondary N) is 1. The van der Waals surface area contributed by atoms with Crippen molar-refractivity contribution in [2.45, 2.75) is 20.3 Å². The van der Waals surface area contributed by atoms with E-state index >= 15 is 0 Å². The fourth-order valence-electron chi connectivity index (χ4n) is 2.21. The van der Waals surface area contributed by atoms with Crippen molar-refractivity contribution in [1.29, 1.82) is 0 Å². The summed E-state index contributed by atoms with van der Waals surface area (Å²) in [6, 6.07) is 14.9. The van der Waals surface area contributed by atoms with E-state index in [0.29, 0.717) is 0 Å². The number of fused-ring (bicyclic) bond motifs is 1. The van der Waals surface area contributed by atoms with Gasteiger partial charge in [0.1, 0.15) is 0 Å². The van der Waals surface area contributed by atoms with E-state index in [9.17, 15) is 0 Å². The lowest BCUT2D eigenvalue weighted by molar-refractivity contribution is 1.02. The first-order valence-corrected chi connectivity index (χ1v) is 7.69. The van der Waals surface area contributed by atoms with Gasteiger partial charge in [-0.25, -0.2) is 4.98 Å². The predicted molar refractivity (Wildman–Crippen MR) is 87.7 cm³/mol. The van der Waals surface area contributed by atoms with Crippen molar-refractivity contribution in [3.63, 3.8) is 0 Å². The van der Waals surface area contributed by atoms with Crippen LogP contribution in [0.3, 0.4) is 0 Å². The molecule has 3 heteroatoms. The smallest absolute Gasteiger partial charge is 0.183 e. The Morgan fingerprint density at radius 1 is 1.05 bits per heavy atom. The van der Waals surface area contributed by atoms with Crippen LogP contribution in [0.5, 0.6) is 0 Å². The van der Waals surface area contributed by atoms with Crippen molar-refractivity contribution in [3.05, 3.63) is 59.2 Å². The molecule has 1 N–H and O–H groups in total. The van der Waals surface area contributed by atoms with E-state index in [-0.39, 0.29) is 0 Å². The van der Waals surface area contributed by atoms with Gasteiger partial charge in [0, 0.05) is 6.54 Å². The van der Waals surface area contributed by atoms with Crippen LogP contribution >= 0.6 is 11.3 Å². The lowest BCUT2D eigenvalue weighted by Gasteiger charge is -2.02. The first-order valence-electron chi connectivity index (χ1n) is 6.88. The first-order chi connectivity index (χ1) is 9.72. The van der Waals surface area contributed by atoms with Gasteiger partial charge < -0.3 is 5.32 Å². The fraction of sp³-hybridized carbons (Fsp3) is 0.235. The van der Waals surface area contributed by atoms with Gasteiger partial charge in [-0.3, -0.25) is 0 Å². The molecule has 0 atom stereocenters. The topological polar surface area (TPSA) is 24.9 Å². The molecule has 0 bridgehead atoms. The van der Waals surface area contributed by atoms with Crippen LogP contribution in [0.2, 0.25) is 0 Å². The minimum absolute atomic E-state index is 0.918. The van der Waals surface area contributed by atoms with Crippen molar-refractivity contribution in [2.24, 2.45) is 0 Å². The van der Waals surface area contributed by atoms with Gasteiger partial charge in [-0.1, -0.05) is 41.7 Å². The summed E-state index contributed by atoms with van der Waals surface area (Å²) in [7, 11) is 0. The summed E-state index contributed by atoms with van der Waals surface area (Å²) in [4.78, 5) is 4.65. The summed E-state index contributed by atoms with van der Waals surface area (Å²) < 4.78 is 1.26. The Kier molecular flexibility index (Phi) is 3.70. The fourth-order valence-corrected chi connectivity index (χ4v) is 3.19. The van der Waals surface area contributed by atoms with Crippen LogP contribution in [-0.2, 0) is 6.42 Å². The van der Waals surface area contributed by atoms with Crippen molar-refractivity contribution >= 4 is 26.7 Å². The number of rotatable bonds is 4. The average molecular weight is 282 g/mol. The third-order valence-electron chi connectivity index (χ3n) is 3.54. The predicted octanol–water partition coefficient (Wildman–Crippen LogP) is 4.57. The zero-order chi connectivity index (χ0) is 13.9. The molecule has 0 aliphatic heterocycles. The van der Waals surface area contributed by atoms with Gasteiger partial charge in [0.2, 0.25) is 0 Å². The number of nitrogens with zero attached hydrogens (tertiary/aromatic N) is 1. The number of benzene rings is 2. The summed E-state index contributed by atoms with van der Waals surface area (Å²) in [6.45, 7) is 5.20. The zero-order valence-electron chi connectivity index (χ0n) is 11.8. The second kappa shape index (κ2) is 5.63. The molecule has 0 fully saturated rings. The molecule has 20 heavy (non-hydrogen) atoms. The Labute approximate surface area is 123 Å². The maximum atomic E-state index is 4.65. The number of aromatic nitrogens is 1. The molecule has 3 aromatic rings. The lowest BCUT2D eigenvalue weighted by atomic mass is 10.1. The average Bonchev–Trinajstić information content (AvgIpc) is 2.82. The molecule has 0 aliphatic carbocycles. The summed E-state index contributed by atoms with van der Waals surface area (Å²) in [5.41, 5.74) is 5.09. The van der Waals surface area contributed by atoms with Gasteiger partial charge in [-0.15, -0.1) is 0 Å². The summed E-state index contributed by atoms with van der Waals surface area (Å²) >= 11 is 1.73. The molecule has 3 rings (SSSR count). The van der Waals surface area contributed by atoms with Crippen molar-refractivity contribution in [1.82, 2.24) is 4.98 Å². The van der Waals surface area contributed by atoms with Crippen LogP contribution in [0.1, 0.15) is 16.7 Å². The number of aryl methyl sites for hydroxylation is 2. The highest BCUT2D eigenvalue weighted by atomic mass is 32.1. The highest BCUT2D eigenvalue weighted by Gasteiger charge is 2.05. The molecule has 0 unspecified atom stereocenters. The second-order valence-electron chi connectivity index (χ2n) is 5.09. The Morgan fingerprint density at radius 2 is 1.80 bits per heavy atom. The summed E-state index contributed by atoms with van der Waals surface area (Å²) in [5.74, 6) is 0. The van der Waals surface area contributed by atoms with Gasteiger partial charge in [-0.2, -0.15) is 0 Å². The molecule has 1 heterocycles. The highest BCUT2D eigenvalue weighted by Crippen LogP contribution is 2.28. The van der Waals surface area contributed by atoms with Crippen LogP contribution in [0.25, 0.3) is 10.2 Å². The molecule has 102 valence electrons. The molecule has 0 spiro atoms. The van der Waals surface area contributed by atoms with E-state index in [0.717, 1.165) is 23.6 Å². The largest absolute Gasteiger partial charge is 0.361 e. The molecule has 0 saturated carbocycles. The minimum atomic E-state index is 0.918. The van der Waals surface area contributed by atoms with E-state index < -0.39 is 0 Å². The number of thiazole rings is 1. The Hall–Kier alpha value is -1.87. The van der Waals surface area contributed by atoms with Gasteiger partial charge in [0.15, 0.2) is 5.13 Å². The van der Waals surface area contributed by atoms with Gasteiger partial charge >= 0.3 is 0 Å². The lowest BCUT2D eigenvalue weighted by Crippen LogP contribution is -2.04. The molecular formula is C17H18N2S. The maximum Gasteiger partial charge on any atom is 0.183 e. The quantitative estimate of drug-likeness (QED) is 0.758. The van der Waals surface area contributed by atoms with Gasteiger partial charge in [0.05, 0.1) is 10.2 Å². The molecule has 0 amide bonds. The SMILES string of the molecule is Cc1cc2nc(NCCc3ccccc3)sc2cc1C. The van der Waals surface area contributed by atoms with Crippen LogP contribution < -0.4 is 5.32 Å². The molecular weight excluding hydrogens is 264 g/mol. The van der Waals surface area contributed by atoms with Crippen LogP contribution in [0.15, 0.2) is 42.5 Å². The highest BCUT2D eigenvalue weighted by molar-refractivity contribution is 7.22. The third-order valence-corrected chi connectivity index (χ3v) is 4.51. The Bertz CT molecular complexity index is 677. The number of hydrogen-bond acceptors (Lipinski definition) is 3. The van der Waals surface area contributed by atoms with E-state index in [4.69, 9.17) is 0 Å². The molecule has 0 saturated heterocycles. The molecule has 0 radical (unpaired) electrons. The molecule has 2 nitrogen and oxygen atoms in total. The van der Waals surface area contributed by atoms with E-state index in [1.54, 1.807) is 11.3 Å². The van der Waals surface area contributed by atoms with Gasteiger partial charge in [-0.05, 0) is 49.1 Å². The standard InChI is InChI=1S/C17H18N2S/c1-12-10-15-16(11-13(12)2)20-17(19-15)18-9-8-14-6-4-3-5-7-14/h3-7,10-11H,8-9H2,1-2H3,(H,18,19). The normalized spacial score (nSPS) is 10.9. The maximum absolute atomic E-state index is 4.65. The Morgan fingerprint density at radius 3 is 2.60 bits per heavy atom. The van der Waals surface area contributed by atoms with Crippen molar-refractivity contribution in [3.8, 4) is 0 Å². The first kappa shape index (κ1) is 13.1. The number of hydrogen-bond donors (Lipinski definition) is 1. The monoisotopic (exact) mass is 282 g/mol. The van der Waals surface area contributed by atoms with E-state index in [2.05, 4.69) is 66.6 Å². The summed E-state index contributed by atoms with van der Waals surface area (Å²) in [5, 5.41) is 4.44. The molecule has 0 aliphatic rings. The van der Waals surface area contributed by atoms with E-state index in [1.165, 1.54) is 21.4 Å². The second-order valence-corrected chi connectivity index (χ2v) is 6.12. The van der Waals surface area contributed by atoms with Crippen LogP contribution in [0, 0.1) is 13.8 Å². The van der Waals surface area contributed by atoms with E-state index in [1.807, 2.05) is 0 Å². The Balaban J connectivity index is 1.69. The van der Waals surface area contributed by atoms with Crippen LogP contribution in [0.4, 0.5) is 5.13 Å². The number of anilines is 1. The van der Waals surface area contributed by atoms with Crippen molar-refractivity contribution < 1.29 is 0 Å². The third kappa shape index (κ3) is 2.83. The summed E-state index contributed by atoms with van der Waals surface area (Å²) in [6.07, 6.45) is 1.02. The molecule has 2 aromatic carbocycles. The molecule has 1 aromatic heterocycles. The minimum Gasteiger partial charge on any atom is -0.361 e. The van der Waals surface area contributed by atoms with Gasteiger partial charge in [0.25, 0.3) is 0 Å². The van der Waals surface area contributed by atoms with Crippen molar-refractivity contribution in [2.75, 3.05) is 11.9 Å². The van der Waals surface area contributed by atoms with Crippen LogP contribution in [-0.4, -0.2) is 11.5 Å². The zero-order valence-corrected chi connectivity index (χ0v) is 12.6.